The van der Waals surface area contributed by atoms with Crippen molar-refractivity contribution in [1.82, 2.24) is 20.4 Å². The lowest BCUT2D eigenvalue weighted by atomic mass is 9.99. The smallest absolute Gasteiger partial charge is 0.253 e. The molecular weight excluding hydrogens is 318 g/mol. The average Bonchev–Trinajstić information content (AvgIpc) is 3.15. The Morgan fingerprint density at radius 1 is 1.24 bits per heavy atom. The second kappa shape index (κ2) is 6.72. The van der Waals surface area contributed by atoms with Crippen LogP contribution >= 0.6 is 0 Å². The van der Waals surface area contributed by atoms with Crippen LogP contribution in [0.1, 0.15) is 28.2 Å². The summed E-state index contributed by atoms with van der Waals surface area (Å²) in [5.74, 6) is 0.583. The van der Waals surface area contributed by atoms with E-state index in [1.807, 2.05) is 24.3 Å². The lowest BCUT2D eigenvalue weighted by molar-refractivity contribution is 0.0947. The maximum Gasteiger partial charge on any atom is 0.253 e. The van der Waals surface area contributed by atoms with Gasteiger partial charge in [0, 0.05) is 12.7 Å². The molecule has 1 aromatic carbocycles. The van der Waals surface area contributed by atoms with Crippen molar-refractivity contribution in [1.29, 1.82) is 0 Å². The quantitative estimate of drug-likeness (QED) is 0.760. The van der Waals surface area contributed by atoms with E-state index in [0.29, 0.717) is 23.0 Å². The standard InChI is InChI=1S/C18H17N5O2/c24-18(13-7-3-5-12-6-4-10-20-16(12)13)21-11-15-22-17(23-25-15)14-8-1-2-9-19-14/h1-3,5,7-9,20H,4,6,10-11H2,(H,21,24). The number of para-hydroxylation sites is 1. The van der Waals surface area contributed by atoms with Crippen molar-refractivity contribution < 1.29 is 9.32 Å². The van der Waals surface area contributed by atoms with Crippen LogP contribution in [0.3, 0.4) is 0 Å². The zero-order valence-electron chi connectivity index (χ0n) is 13.5. The van der Waals surface area contributed by atoms with Crippen LogP contribution < -0.4 is 10.6 Å². The molecule has 7 heteroatoms. The van der Waals surface area contributed by atoms with Gasteiger partial charge < -0.3 is 15.2 Å². The van der Waals surface area contributed by atoms with Crippen LogP contribution in [0.5, 0.6) is 0 Å². The molecule has 0 saturated carbocycles. The predicted octanol–water partition coefficient (Wildman–Crippen LogP) is 2.42. The first-order valence-electron chi connectivity index (χ1n) is 8.19. The Kier molecular flexibility index (Phi) is 4.12. The van der Waals surface area contributed by atoms with Crippen LogP contribution in [0.4, 0.5) is 5.69 Å². The number of pyridine rings is 1. The van der Waals surface area contributed by atoms with E-state index in [9.17, 15) is 4.79 Å². The Bertz CT molecular complexity index is 891. The van der Waals surface area contributed by atoms with E-state index in [4.69, 9.17) is 4.52 Å². The summed E-state index contributed by atoms with van der Waals surface area (Å²) < 4.78 is 5.19. The van der Waals surface area contributed by atoms with Crippen LogP contribution in [-0.4, -0.2) is 27.6 Å². The number of fused-ring (bicyclic) bond motifs is 1. The van der Waals surface area contributed by atoms with Crippen LogP contribution in [0.25, 0.3) is 11.5 Å². The molecule has 0 unspecified atom stereocenters. The normalized spacial score (nSPS) is 13.0. The second-order valence-corrected chi connectivity index (χ2v) is 5.78. The number of nitrogens with zero attached hydrogens (tertiary/aromatic N) is 3. The number of hydrogen-bond acceptors (Lipinski definition) is 6. The van der Waals surface area contributed by atoms with Gasteiger partial charge in [-0.2, -0.15) is 4.98 Å². The number of benzene rings is 1. The first-order valence-corrected chi connectivity index (χ1v) is 8.19. The molecule has 2 aromatic heterocycles. The summed E-state index contributed by atoms with van der Waals surface area (Å²) in [6.07, 6.45) is 3.73. The third-order valence-electron chi connectivity index (χ3n) is 4.08. The Balaban J connectivity index is 1.46. The maximum atomic E-state index is 12.5. The monoisotopic (exact) mass is 335 g/mol. The van der Waals surface area contributed by atoms with E-state index in [1.165, 1.54) is 5.56 Å². The molecule has 0 saturated heterocycles. The number of aryl methyl sites for hydroxylation is 1. The van der Waals surface area contributed by atoms with E-state index in [-0.39, 0.29) is 12.5 Å². The lowest BCUT2D eigenvalue weighted by Crippen LogP contribution is -2.25. The van der Waals surface area contributed by atoms with Gasteiger partial charge >= 0.3 is 0 Å². The number of anilines is 1. The van der Waals surface area contributed by atoms with Crippen LogP contribution in [0.2, 0.25) is 0 Å². The predicted molar refractivity (Wildman–Crippen MR) is 92.0 cm³/mol. The fourth-order valence-electron chi connectivity index (χ4n) is 2.88. The minimum atomic E-state index is -0.163. The molecule has 2 N–H and O–H groups in total. The fourth-order valence-corrected chi connectivity index (χ4v) is 2.88. The number of hydrogen-bond donors (Lipinski definition) is 2. The molecule has 3 heterocycles. The molecule has 7 nitrogen and oxygen atoms in total. The molecule has 4 rings (SSSR count). The van der Waals surface area contributed by atoms with Crippen LogP contribution in [0.15, 0.2) is 47.1 Å². The van der Waals surface area contributed by atoms with Gasteiger partial charge in [0.15, 0.2) is 0 Å². The van der Waals surface area contributed by atoms with Gasteiger partial charge in [0.05, 0.1) is 17.8 Å². The van der Waals surface area contributed by atoms with Gasteiger partial charge in [-0.15, -0.1) is 0 Å². The van der Waals surface area contributed by atoms with Gasteiger partial charge in [0.1, 0.15) is 5.69 Å². The summed E-state index contributed by atoms with van der Waals surface area (Å²) in [5, 5.41) is 10.0. The van der Waals surface area contributed by atoms with Crippen molar-refractivity contribution >= 4 is 11.6 Å². The minimum Gasteiger partial charge on any atom is -0.384 e. The fraction of sp³-hybridized carbons (Fsp3) is 0.222. The highest BCUT2D eigenvalue weighted by Gasteiger charge is 2.18. The zero-order chi connectivity index (χ0) is 17.1. The van der Waals surface area contributed by atoms with Gasteiger partial charge in [-0.1, -0.05) is 23.4 Å². The van der Waals surface area contributed by atoms with Crippen molar-refractivity contribution in [3.05, 3.63) is 59.6 Å². The number of amides is 1. The molecule has 0 atom stereocenters. The molecule has 25 heavy (non-hydrogen) atoms. The van der Waals surface area contributed by atoms with Crippen LogP contribution in [0, 0.1) is 0 Å². The molecule has 1 aliphatic heterocycles. The molecule has 1 amide bonds. The number of carbonyl (C=O) groups excluding carboxylic acids is 1. The van der Waals surface area contributed by atoms with Gasteiger partial charge in [0.25, 0.3) is 5.91 Å². The topological polar surface area (TPSA) is 92.9 Å². The highest BCUT2D eigenvalue weighted by molar-refractivity contribution is 6.00. The molecule has 0 fully saturated rings. The number of carbonyl (C=O) groups is 1. The highest BCUT2D eigenvalue weighted by atomic mass is 16.5. The zero-order valence-corrected chi connectivity index (χ0v) is 13.5. The molecule has 1 aliphatic rings. The Morgan fingerprint density at radius 2 is 2.20 bits per heavy atom. The van der Waals surface area contributed by atoms with E-state index in [2.05, 4.69) is 31.8 Å². The average molecular weight is 335 g/mol. The van der Waals surface area contributed by atoms with Gasteiger partial charge in [-0.3, -0.25) is 9.78 Å². The van der Waals surface area contributed by atoms with E-state index in [1.54, 1.807) is 12.3 Å². The summed E-state index contributed by atoms with van der Waals surface area (Å²) in [6, 6.07) is 11.3. The molecule has 3 aromatic rings. The van der Waals surface area contributed by atoms with Gasteiger partial charge in [-0.05, 0) is 36.6 Å². The summed E-state index contributed by atoms with van der Waals surface area (Å²) >= 11 is 0. The summed E-state index contributed by atoms with van der Waals surface area (Å²) in [5.41, 5.74) is 3.37. The third-order valence-corrected chi connectivity index (χ3v) is 4.08. The van der Waals surface area contributed by atoms with Crippen molar-refractivity contribution in [3.63, 3.8) is 0 Å². The Labute approximate surface area is 144 Å². The largest absolute Gasteiger partial charge is 0.384 e. The Morgan fingerprint density at radius 3 is 3.08 bits per heavy atom. The number of rotatable bonds is 4. The van der Waals surface area contributed by atoms with Crippen molar-refractivity contribution in [2.75, 3.05) is 11.9 Å². The van der Waals surface area contributed by atoms with Crippen molar-refractivity contribution in [2.45, 2.75) is 19.4 Å². The lowest BCUT2D eigenvalue weighted by Gasteiger charge is -2.20. The van der Waals surface area contributed by atoms with Crippen LogP contribution in [-0.2, 0) is 13.0 Å². The molecule has 126 valence electrons. The summed E-state index contributed by atoms with van der Waals surface area (Å²) in [7, 11) is 0. The SMILES string of the molecule is O=C(NCc1nc(-c2ccccn2)no1)c1cccc2c1NCCC2. The van der Waals surface area contributed by atoms with Gasteiger partial charge in [-0.25, -0.2) is 0 Å². The molecule has 0 aliphatic carbocycles. The highest BCUT2D eigenvalue weighted by Crippen LogP contribution is 2.26. The first kappa shape index (κ1) is 15.3. The maximum absolute atomic E-state index is 12.5. The second-order valence-electron chi connectivity index (χ2n) is 5.78. The first-order chi connectivity index (χ1) is 12.3. The molecule has 0 bridgehead atoms. The van der Waals surface area contributed by atoms with E-state index in [0.717, 1.165) is 25.1 Å². The van der Waals surface area contributed by atoms with Crippen molar-refractivity contribution in [3.8, 4) is 11.5 Å². The third kappa shape index (κ3) is 3.21. The van der Waals surface area contributed by atoms with E-state index < -0.39 is 0 Å². The number of aromatic nitrogens is 3. The summed E-state index contributed by atoms with van der Waals surface area (Å²) in [4.78, 5) is 20.9. The number of nitrogens with one attached hydrogen (secondary N) is 2. The minimum absolute atomic E-state index is 0.163. The molecular formula is C18H17N5O2. The Hall–Kier alpha value is -3.22. The van der Waals surface area contributed by atoms with Gasteiger partial charge in [0.2, 0.25) is 11.7 Å². The van der Waals surface area contributed by atoms with E-state index >= 15 is 0 Å². The summed E-state index contributed by atoms with van der Waals surface area (Å²) in [6.45, 7) is 1.05. The molecule has 0 radical (unpaired) electrons. The van der Waals surface area contributed by atoms with Crippen molar-refractivity contribution in [2.24, 2.45) is 0 Å². The molecule has 0 spiro atoms.